The number of ether oxygens (including phenoxy) is 1. The third kappa shape index (κ3) is 3.87. The minimum atomic E-state index is -0.539. The highest BCUT2D eigenvalue weighted by Crippen LogP contribution is 2.40. The van der Waals surface area contributed by atoms with E-state index in [9.17, 15) is 9.59 Å². The van der Waals surface area contributed by atoms with Crippen LogP contribution in [-0.4, -0.2) is 31.1 Å². The predicted octanol–water partition coefficient (Wildman–Crippen LogP) is 4.67. The molecule has 0 bridgehead atoms. The molecule has 5 nitrogen and oxygen atoms in total. The summed E-state index contributed by atoms with van der Waals surface area (Å²) >= 11 is 6.18. The zero-order valence-electron chi connectivity index (χ0n) is 16.3. The molecular weight excluding hydrogens is 388 g/mol. The highest BCUT2D eigenvalue weighted by Gasteiger charge is 2.34. The van der Waals surface area contributed by atoms with Crippen molar-refractivity contribution >= 4 is 40.4 Å². The Morgan fingerprint density at radius 3 is 2.76 bits per heavy atom. The number of rotatable bonds is 3. The summed E-state index contributed by atoms with van der Waals surface area (Å²) in [5.41, 5.74) is 4.24. The maximum absolute atomic E-state index is 13.4. The number of anilines is 2. The summed E-state index contributed by atoms with van der Waals surface area (Å²) in [5.74, 6) is -0.317. The van der Waals surface area contributed by atoms with Gasteiger partial charge in [0, 0.05) is 40.5 Å². The summed E-state index contributed by atoms with van der Waals surface area (Å²) in [6.45, 7) is 2.78. The Balaban J connectivity index is 1.77. The maximum Gasteiger partial charge on any atom is 0.328 e. The van der Waals surface area contributed by atoms with Gasteiger partial charge in [0.2, 0.25) is 0 Å². The molecule has 0 spiro atoms. The number of benzene rings is 2. The van der Waals surface area contributed by atoms with E-state index in [1.807, 2.05) is 47.4 Å². The monoisotopic (exact) mass is 410 g/mol. The van der Waals surface area contributed by atoms with Gasteiger partial charge in [-0.1, -0.05) is 35.9 Å². The van der Waals surface area contributed by atoms with Crippen molar-refractivity contribution in [3.05, 3.63) is 64.7 Å². The molecular formula is C23H23ClN2O3. The van der Waals surface area contributed by atoms with Crippen LogP contribution in [0.2, 0.25) is 5.02 Å². The van der Waals surface area contributed by atoms with Gasteiger partial charge in [0.15, 0.2) is 0 Å². The maximum atomic E-state index is 13.4. The lowest BCUT2D eigenvalue weighted by Crippen LogP contribution is -2.39. The lowest BCUT2D eigenvalue weighted by atomic mass is 9.85. The molecule has 1 atom stereocenters. The van der Waals surface area contributed by atoms with E-state index in [-0.39, 0.29) is 11.9 Å². The predicted molar refractivity (Wildman–Crippen MR) is 115 cm³/mol. The second-order valence-corrected chi connectivity index (χ2v) is 7.63. The second kappa shape index (κ2) is 8.29. The first kappa shape index (κ1) is 19.5. The fourth-order valence-electron chi connectivity index (χ4n) is 4.04. The van der Waals surface area contributed by atoms with Gasteiger partial charge in [-0.3, -0.25) is 4.79 Å². The molecule has 2 heterocycles. The van der Waals surface area contributed by atoms with Crippen molar-refractivity contribution in [2.45, 2.75) is 32.2 Å². The largest absolute Gasteiger partial charge is 0.464 e. The van der Waals surface area contributed by atoms with Crippen LogP contribution in [0.4, 0.5) is 11.4 Å². The Morgan fingerprint density at radius 2 is 2.00 bits per heavy atom. The van der Waals surface area contributed by atoms with E-state index >= 15 is 0 Å². The molecule has 4 rings (SSSR count). The number of esters is 1. The number of carbonyl (C=O) groups excluding carboxylic acids is 2. The standard InChI is InChI=1S/C23H23ClN2O3/c1-2-29-23(28)21-14-19(17-11-10-15(24)13-20(17)25-21)18-9-6-12-26(22(18)27)16-7-4-3-5-8-16/h3-5,7-8,10-11,13,21,25H,2,6,9,12,14H2,1H3. The number of nitrogens with one attached hydrogen (secondary N) is 1. The summed E-state index contributed by atoms with van der Waals surface area (Å²) in [4.78, 5) is 27.7. The number of halogens is 1. The number of piperidine rings is 1. The molecule has 1 saturated heterocycles. The van der Waals surface area contributed by atoms with Crippen LogP contribution in [0, 0.1) is 0 Å². The molecule has 150 valence electrons. The number of para-hydroxylation sites is 1. The Morgan fingerprint density at radius 1 is 1.21 bits per heavy atom. The summed E-state index contributed by atoms with van der Waals surface area (Å²) in [6, 6.07) is 14.7. The normalized spacial score (nSPS) is 21.4. The summed E-state index contributed by atoms with van der Waals surface area (Å²) in [6.07, 6.45) is 1.98. The topological polar surface area (TPSA) is 58.6 Å². The molecule has 1 unspecified atom stereocenters. The van der Waals surface area contributed by atoms with E-state index < -0.39 is 6.04 Å². The number of nitrogens with zero attached hydrogens (tertiary/aromatic N) is 1. The number of hydrogen-bond acceptors (Lipinski definition) is 4. The van der Waals surface area contributed by atoms with Gasteiger partial charge >= 0.3 is 5.97 Å². The molecule has 2 aromatic rings. The smallest absolute Gasteiger partial charge is 0.328 e. The van der Waals surface area contributed by atoms with Gasteiger partial charge < -0.3 is 15.0 Å². The van der Waals surface area contributed by atoms with Gasteiger partial charge in [-0.25, -0.2) is 4.79 Å². The molecule has 0 aromatic heterocycles. The van der Waals surface area contributed by atoms with Crippen molar-refractivity contribution in [1.29, 1.82) is 0 Å². The van der Waals surface area contributed by atoms with Gasteiger partial charge in [-0.05, 0) is 49.6 Å². The fraction of sp³-hybridized carbons (Fsp3) is 0.304. The molecule has 0 radical (unpaired) electrons. The Bertz CT molecular complexity index is 971. The van der Waals surface area contributed by atoms with E-state index in [0.717, 1.165) is 34.5 Å². The van der Waals surface area contributed by atoms with Gasteiger partial charge in [0.1, 0.15) is 6.04 Å². The molecule has 29 heavy (non-hydrogen) atoms. The summed E-state index contributed by atoms with van der Waals surface area (Å²) < 4.78 is 5.23. The molecule has 2 aliphatic heterocycles. The van der Waals surface area contributed by atoms with Crippen molar-refractivity contribution < 1.29 is 14.3 Å². The number of amides is 1. The van der Waals surface area contributed by atoms with Gasteiger partial charge in [0.25, 0.3) is 5.91 Å². The SMILES string of the molecule is CCOC(=O)C1CC(=C2CCCN(c3ccccc3)C2=O)c2ccc(Cl)cc2N1. The van der Waals surface area contributed by atoms with E-state index in [1.54, 1.807) is 13.0 Å². The Kier molecular flexibility index (Phi) is 5.58. The first-order chi connectivity index (χ1) is 14.1. The molecule has 0 aliphatic carbocycles. The van der Waals surface area contributed by atoms with Crippen molar-refractivity contribution in [1.82, 2.24) is 0 Å². The third-order valence-corrected chi connectivity index (χ3v) is 5.59. The van der Waals surface area contributed by atoms with Crippen molar-refractivity contribution in [3.63, 3.8) is 0 Å². The van der Waals surface area contributed by atoms with E-state index in [0.29, 0.717) is 31.0 Å². The number of hydrogen-bond donors (Lipinski definition) is 1. The molecule has 1 amide bonds. The van der Waals surface area contributed by atoms with Crippen LogP contribution < -0.4 is 10.2 Å². The molecule has 0 saturated carbocycles. The number of carbonyl (C=O) groups is 2. The van der Waals surface area contributed by atoms with Crippen LogP contribution in [0.3, 0.4) is 0 Å². The third-order valence-electron chi connectivity index (χ3n) is 5.36. The summed E-state index contributed by atoms with van der Waals surface area (Å²) in [5, 5.41) is 3.81. The molecule has 1 fully saturated rings. The molecule has 2 aromatic carbocycles. The van der Waals surface area contributed by atoms with Crippen LogP contribution in [0.5, 0.6) is 0 Å². The first-order valence-corrected chi connectivity index (χ1v) is 10.3. The highest BCUT2D eigenvalue weighted by atomic mass is 35.5. The first-order valence-electron chi connectivity index (χ1n) is 9.90. The van der Waals surface area contributed by atoms with E-state index in [2.05, 4.69) is 5.32 Å². The van der Waals surface area contributed by atoms with Gasteiger partial charge in [-0.15, -0.1) is 0 Å². The van der Waals surface area contributed by atoms with Crippen LogP contribution >= 0.6 is 11.6 Å². The van der Waals surface area contributed by atoms with Crippen LogP contribution in [-0.2, 0) is 14.3 Å². The Labute approximate surface area is 175 Å². The zero-order chi connectivity index (χ0) is 20.4. The lowest BCUT2D eigenvalue weighted by Gasteiger charge is -2.33. The van der Waals surface area contributed by atoms with Crippen molar-refractivity contribution in [2.24, 2.45) is 0 Å². The minimum absolute atomic E-state index is 0.00265. The average molecular weight is 411 g/mol. The number of fused-ring (bicyclic) bond motifs is 1. The summed E-state index contributed by atoms with van der Waals surface area (Å²) in [7, 11) is 0. The molecule has 6 heteroatoms. The van der Waals surface area contributed by atoms with Crippen LogP contribution in [0.25, 0.3) is 5.57 Å². The highest BCUT2D eigenvalue weighted by molar-refractivity contribution is 6.31. The lowest BCUT2D eigenvalue weighted by molar-refractivity contribution is -0.144. The van der Waals surface area contributed by atoms with Gasteiger partial charge in [0.05, 0.1) is 6.61 Å². The van der Waals surface area contributed by atoms with Crippen molar-refractivity contribution in [2.75, 3.05) is 23.4 Å². The van der Waals surface area contributed by atoms with E-state index in [1.165, 1.54) is 0 Å². The van der Waals surface area contributed by atoms with E-state index in [4.69, 9.17) is 16.3 Å². The van der Waals surface area contributed by atoms with Gasteiger partial charge in [-0.2, -0.15) is 0 Å². The minimum Gasteiger partial charge on any atom is -0.464 e. The Hall–Kier alpha value is -2.79. The zero-order valence-corrected chi connectivity index (χ0v) is 17.0. The van der Waals surface area contributed by atoms with Crippen molar-refractivity contribution in [3.8, 4) is 0 Å². The second-order valence-electron chi connectivity index (χ2n) is 7.20. The molecule has 2 aliphatic rings. The molecule has 1 N–H and O–H groups in total. The average Bonchev–Trinajstić information content (AvgIpc) is 2.74. The fourth-order valence-corrected chi connectivity index (χ4v) is 4.21. The van der Waals surface area contributed by atoms with Crippen LogP contribution in [0.1, 0.15) is 31.7 Å². The van der Waals surface area contributed by atoms with Crippen LogP contribution in [0.15, 0.2) is 54.1 Å². The quantitative estimate of drug-likeness (QED) is 0.590.